The minimum absolute atomic E-state index is 0.429. The van der Waals surface area contributed by atoms with Gasteiger partial charge in [0, 0.05) is 0 Å². The Labute approximate surface area is 92.0 Å². The fourth-order valence-corrected chi connectivity index (χ4v) is 2.18. The van der Waals surface area contributed by atoms with Crippen molar-refractivity contribution in [3.8, 4) is 36.4 Å². The van der Waals surface area contributed by atoms with Gasteiger partial charge < -0.3 is 0 Å². The molecule has 0 radical (unpaired) electrons. The first-order valence-electron chi connectivity index (χ1n) is 3.62. The Morgan fingerprint density at radius 3 is 1.19 bits per heavy atom. The van der Waals surface area contributed by atoms with Gasteiger partial charge in [-0.2, -0.15) is 31.6 Å². The topological polar surface area (TPSA) is 143 Å². The number of nitriles is 6. The highest BCUT2D eigenvalue weighted by Crippen LogP contribution is 2.22. The molecule has 0 heterocycles. The highest BCUT2D eigenvalue weighted by atomic mass is 31.1. The van der Waals surface area contributed by atoms with Gasteiger partial charge >= 0.3 is 0 Å². The molecule has 0 aliphatic rings. The first kappa shape index (κ1) is 13.0. The molecule has 72 valence electrons. The average molecular weight is 224 g/mol. The number of hydrogen-bond acceptors (Lipinski definition) is 6. The fourth-order valence-electron chi connectivity index (χ4n) is 0.780. The van der Waals surface area contributed by atoms with E-state index in [9.17, 15) is 0 Å². The Hall–Kier alpha value is -3.02. The number of rotatable bonds is 1. The maximum Gasteiger partial charge on any atom is 0.174 e. The van der Waals surface area contributed by atoms with Gasteiger partial charge in [0.1, 0.15) is 24.3 Å². The normalized spacial score (nSPS) is 6.94. The SMILES string of the molecule is N#CC(C#N)=P(=C(C#N)C#N)C(C#N)C#N. The minimum atomic E-state index is -2.08. The molecule has 0 spiro atoms. The van der Waals surface area contributed by atoms with Crippen LogP contribution in [0.4, 0.5) is 0 Å². The van der Waals surface area contributed by atoms with Gasteiger partial charge in [0.05, 0.1) is 12.1 Å². The van der Waals surface area contributed by atoms with Gasteiger partial charge in [-0.3, -0.25) is 0 Å². The summed E-state index contributed by atoms with van der Waals surface area (Å²) in [6, 6.07) is 9.18. The molecule has 0 fully saturated rings. The van der Waals surface area contributed by atoms with Crippen molar-refractivity contribution in [3.05, 3.63) is 0 Å². The Morgan fingerprint density at radius 1 is 0.688 bits per heavy atom. The van der Waals surface area contributed by atoms with Crippen molar-refractivity contribution in [2.45, 2.75) is 5.66 Å². The zero-order chi connectivity index (χ0) is 12.6. The Balaban J connectivity index is 6.56. The lowest BCUT2D eigenvalue weighted by Crippen LogP contribution is -2.02. The van der Waals surface area contributed by atoms with Gasteiger partial charge in [0.25, 0.3) is 0 Å². The van der Waals surface area contributed by atoms with Crippen LogP contribution in [-0.2, 0) is 0 Å². The molecule has 6 nitrogen and oxygen atoms in total. The molecule has 0 unspecified atom stereocenters. The smallest absolute Gasteiger partial charge is 0.174 e. The highest BCUT2D eigenvalue weighted by molar-refractivity contribution is 7.63. The predicted octanol–water partition coefficient (Wildman–Crippen LogP) is 0.323. The maximum atomic E-state index is 8.66. The molecule has 0 atom stereocenters. The lowest BCUT2D eigenvalue weighted by atomic mass is 10.5. The molecule has 0 saturated heterocycles. The van der Waals surface area contributed by atoms with Crippen molar-refractivity contribution in [2.75, 3.05) is 0 Å². The predicted molar refractivity (Wildman–Crippen MR) is 54.4 cm³/mol. The third-order valence-electron chi connectivity index (χ3n) is 1.41. The molecular formula is C9HN6P. The summed E-state index contributed by atoms with van der Waals surface area (Å²) in [4.78, 5) is 0. The molecule has 0 saturated carbocycles. The van der Waals surface area contributed by atoms with Crippen LogP contribution in [0.15, 0.2) is 0 Å². The molecule has 0 aromatic heterocycles. The maximum absolute atomic E-state index is 8.66. The van der Waals surface area contributed by atoms with E-state index in [1.165, 1.54) is 24.3 Å². The molecule has 16 heavy (non-hydrogen) atoms. The lowest BCUT2D eigenvalue weighted by molar-refractivity contribution is 1.34. The first-order chi connectivity index (χ1) is 7.69. The summed E-state index contributed by atoms with van der Waals surface area (Å²) < 4.78 is 0. The van der Waals surface area contributed by atoms with E-state index in [0.717, 1.165) is 0 Å². The lowest BCUT2D eigenvalue weighted by Gasteiger charge is -1.95. The molecule has 0 amide bonds. The van der Waals surface area contributed by atoms with Gasteiger partial charge in [0.2, 0.25) is 0 Å². The molecule has 7 heteroatoms. The molecule has 0 aromatic carbocycles. The summed E-state index contributed by atoms with van der Waals surface area (Å²) in [6.45, 7) is 0. The number of hydrogen-bond donors (Lipinski definition) is 0. The molecule has 0 rings (SSSR count). The second-order valence-corrected chi connectivity index (χ2v) is 4.33. The van der Waals surface area contributed by atoms with Crippen LogP contribution >= 0.6 is 7.17 Å². The van der Waals surface area contributed by atoms with Gasteiger partial charge in [-0.15, -0.1) is 0 Å². The molecule has 0 aliphatic carbocycles. The summed E-state index contributed by atoms with van der Waals surface area (Å²) >= 11 is 0. The van der Waals surface area contributed by atoms with Crippen molar-refractivity contribution in [1.82, 2.24) is 0 Å². The largest absolute Gasteiger partial charge is 0.196 e. The van der Waals surface area contributed by atoms with E-state index in [-0.39, 0.29) is 0 Å². The van der Waals surface area contributed by atoms with Crippen molar-refractivity contribution >= 4 is 17.8 Å². The summed E-state index contributed by atoms with van der Waals surface area (Å²) in [7, 11) is -2.08. The average Bonchev–Trinajstić information content (AvgIpc) is 2.33. The Kier molecular flexibility index (Phi) is 5.22. The van der Waals surface area contributed by atoms with Gasteiger partial charge in [-0.1, -0.05) is 0 Å². The van der Waals surface area contributed by atoms with Crippen LogP contribution in [0, 0.1) is 68.0 Å². The molecule has 0 N–H and O–H groups in total. The molecule has 0 bridgehead atoms. The van der Waals surface area contributed by atoms with Crippen molar-refractivity contribution in [1.29, 1.82) is 31.6 Å². The van der Waals surface area contributed by atoms with Crippen LogP contribution in [0.5, 0.6) is 0 Å². The van der Waals surface area contributed by atoms with E-state index in [4.69, 9.17) is 31.6 Å². The third-order valence-corrected chi connectivity index (χ3v) is 3.52. The first-order valence-corrected chi connectivity index (χ1v) is 5.04. The quantitative estimate of drug-likeness (QED) is 0.586. The minimum Gasteiger partial charge on any atom is -0.196 e. The Morgan fingerprint density at radius 2 is 1.00 bits per heavy atom. The fraction of sp³-hybridized carbons (Fsp3) is 0.111. The zero-order valence-electron chi connectivity index (χ0n) is 7.71. The van der Waals surface area contributed by atoms with Crippen LogP contribution in [0.3, 0.4) is 0 Å². The van der Waals surface area contributed by atoms with Crippen LogP contribution in [0.25, 0.3) is 0 Å². The van der Waals surface area contributed by atoms with E-state index in [0.29, 0.717) is 0 Å². The highest BCUT2D eigenvalue weighted by Gasteiger charge is 2.15. The second-order valence-electron chi connectivity index (χ2n) is 2.18. The Bertz CT molecular complexity index is 551. The van der Waals surface area contributed by atoms with Crippen molar-refractivity contribution in [3.63, 3.8) is 0 Å². The monoisotopic (exact) mass is 224 g/mol. The van der Waals surface area contributed by atoms with E-state index in [2.05, 4.69) is 0 Å². The van der Waals surface area contributed by atoms with Crippen LogP contribution < -0.4 is 0 Å². The number of nitrogens with zero attached hydrogens (tertiary/aromatic N) is 6. The van der Waals surface area contributed by atoms with E-state index in [1.807, 2.05) is 0 Å². The van der Waals surface area contributed by atoms with E-state index >= 15 is 0 Å². The van der Waals surface area contributed by atoms with Gasteiger partial charge in [-0.05, 0) is 7.17 Å². The standard InChI is InChI=1S/C9HN6P/c10-1-7(2-11)16(8(3-12)4-13)9(5-14)6-15/h7H. The molecule has 0 aromatic rings. The van der Waals surface area contributed by atoms with Crippen molar-refractivity contribution in [2.24, 2.45) is 0 Å². The molecule has 0 aliphatic heterocycles. The van der Waals surface area contributed by atoms with Crippen LogP contribution in [-0.4, -0.2) is 16.2 Å². The third kappa shape index (κ3) is 2.48. The van der Waals surface area contributed by atoms with Crippen molar-refractivity contribution < 1.29 is 0 Å². The zero-order valence-corrected chi connectivity index (χ0v) is 8.60. The van der Waals surface area contributed by atoms with Gasteiger partial charge in [-0.25, -0.2) is 0 Å². The molecular weight excluding hydrogens is 223 g/mol. The summed E-state index contributed by atoms with van der Waals surface area (Å²) in [5.74, 6) is 0. The summed E-state index contributed by atoms with van der Waals surface area (Å²) in [5.41, 5.74) is -1.33. The second kappa shape index (κ2) is 6.44. The summed E-state index contributed by atoms with van der Waals surface area (Å²) in [5, 5.41) is 51.0. The summed E-state index contributed by atoms with van der Waals surface area (Å²) in [6.07, 6.45) is 0. The van der Waals surface area contributed by atoms with E-state index in [1.54, 1.807) is 12.1 Å². The van der Waals surface area contributed by atoms with Crippen LogP contribution in [0.2, 0.25) is 0 Å². The van der Waals surface area contributed by atoms with Gasteiger partial charge in [0.15, 0.2) is 16.2 Å². The van der Waals surface area contributed by atoms with Crippen LogP contribution in [0.1, 0.15) is 0 Å². The van der Waals surface area contributed by atoms with E-state index < -0.39 is 23.4 Å².